The van der Waals surface area contributed by atoms with Crippen molar-refractivity contribution >= 4 is 5.91 Å². The lowest BCUT2D eigenvalue weighted by molar-refractivity contribution is -0.132. The Hall–Kier alpha value is -1.35. The molecule has 18 heavy (non-hydrogen) atoms. The number of likely N-dealkylation sites (tertiary alicyclic amines) is 1. The van der Waals surface area contributed by atoms with Crippen LogP contribution in [0.5, 0.6) is 0 Å². The van der Waals surface area contributed by atoms with Crippen LogP contribution in [-0.2, 0) is 11.2 Å². The predicted molar refractivity (Wildman–Crippen MR) is 73.1 cm³/mol. The first-order chi connectivity index (χ1) is 8.66. The van der Waals surface area contributed by atoms with Crippen LogP contribution in [0, 0.1) is 5.92 Å². The standard InChI is InChI=1S/C15H22N2O/c1-12-9-10-17(11-14(12)16)15(18)8-7-13-5-3-2-4-6-13/h2-6,12,14H,7-11,16H2,1H3. The highest BCUT2D eigenvalue weighted by Gasteiger charge is 2.25. The first-order valence-electron chi connectivity index (χ1n) is 6.74. The molecule has 2 unspecified atom stereocenters. The maximum absolute atomic E-state index is 12.1. The molecule has 1 amide bonds. The Morgan fingerprint density at radius 3 is 2.78 bits per heavy atom. The molecule has 2 atom stereocenters. The van der Waals surface area contributed by atoms with E-state index in [4.69, 9.17) is 5.73 Å². The van der Waals surface area contributed by atoms with Crippen LogP contribution in [0.15, 0.2) is 30.3 Å². The highest BCUT2D eigenvalue weighted by molar-refractivity contribution is 5.76. The van der Waals surface area contributed by atoms with Gasteiger partial charge in [0.05, 0.1) is 0 Å². The maximum Gasteiger partial charge on any atom is 0.222 e. The number of aryl methyl sites for hydroxylation is 1. The number of benzene rings is 1. The van der Waals surface area contributed by atoms with Crippen molar-refractivity contribution in [1.29, 1.82) is 0 Å². The minimum Gasteiger partial charge on any atom is -0.341 e. The first kappa shape index (κ1) is 13.1. The number of carbonyl (C=O) groups is 1. The number of hydrogen-bond acceptors (Lipinski definition) is 2. The summed E-state index contributed by atoms with van der Waals surface area (Å²) in [6.45, 7) is 3.74. The second kappa shape index (κ2) is 6.01. The van der Waals surface area contributed by atoms with Gasteiger partial charge in [0.2, 0.25) is 5.91 Å². The average molecular weight is 246 g/mol. The number of nitrogens with zero attached hydrogens (tertiary/aromatic N) is 1. The Morgan fingerprint density at radius 1 is 1.39 bits per heavy atom. The van der Waals surface area contributed by atoms with Gasteiger partial charge in [-0.1, -0.05) is 37.3 Å². The molecular weight excluding hydrogens is 224 g/mol. The Bertz CT molecular complexity index is 391. The van der Waals surface area contributed by atoms with Crippen molar-refractivity contribution < 1.29 is 4.79 Å². The van der Waals surface area contributed by atoms with Gasteiger partial charge in [0.25, 0.3) is 0 Å². The highest BCUT2D eigenvalue weighted by Crippen LogP contribution is 2.16. The van der Waals surface area contributed by atoms with E-state index >= 15 is 0 Å². The van der Waals surface area contributed by atoms with Crippen LogP contribution < -0.4 is 5.73 Å². The van der Waals surface area contributed by atoms with Crippen molar-refractivity contribution in [3.8, 4) is 0 Å². The lowest BCUT2D eigenvalue weighted by Gasteiger charge is -2.35. The van der Waals surface area contributed by atoms with Gasteiger partial charge in [-0.2, -0.15) is 0 Å². The smallest absolute Gasteiger partial charge is 0.222 e. The van der Waals surface area contributed by atoms with Gasteiger partial charge in [-0.25, -0.2) is 0 Å². The van der Waals surface area contributed by atoms with E-state index in [0.29, 0.717) is 12.3 Å². The van der Waals surface area contributed by atoms with Crippen molar-refractivity contribution in [2.75, 3.05) is 13.1 Å². The molecule has 3 nitrogen and oxygen atoms in total. The predicted octanol–water partition coefficient (Wildman–Crippen LogP) is 1.81. The van der Waals surface area contributed by atoms with Gasteiger partial charge in [0, 0.05) is 25.6 Å². The van der Waals surface area contributed by atoms with Crippen LogP contribution in [0.2, 0.25) is 0 Å². The third-order valence-corrected chi connectivity index (χ3v) is 3.84. The normalized spacial score (nSPS) is 24.0. The molecule has 0 aliphatic carbocycles. The van der Waals surface area contributed by atoms with Crippen molar-refractivity contribution in [3.05, 3.63) is 35.9 Å². The summed E-state index contributed by atoms with van der Waals surface area (Å²) >= 11 is 0. The zero-order valence-corrected chi connectivity index (χ0v) is 11.0. The summed E-state index contributed by atoms with van der Waals surface area (Å²) in [6.07, 6.45) is 2.43. The molecule has 1 aromatic carbocycles. The van der Waals surface area contributed by atoms with E-state index in [-0.39, 0.29) is 11.9 Å². The van der Waals surface area contributed by atoms with E-state index in [1.165, 1.54) is 5.56 Å². The van der Waals surface area contributed by atoms with E-state index in [0.717, 1.165) is 25.9 Å². The number of rotatable bonds is 3. The highest BCUT2D eigenvalue weighted by atomic mass is 16.2. The number of carbonyl (C=O) groups excluding carboxylic acids is 1. The van der Waals surface area contributed by atoms with Crippen LogP contribution >= 0.6 is 0 Å². The third kappa shape index (κ3) is 3.33. The van der Waals surface area contributed by atoms with Crippen molar-refractivity contribution in [2.45, 2.75) is 32.2 Å². The largest absolute Gasteiger partial charge is 0.341 e. The van der Waals surface area contributed by atoms with Gasteiger partial charge in [-0.05, 0) is 24.3 Å². The molecule has 0 aromatic heterocycles. The van der Waals surface area contributed by atoms with Crippen LogP contribution in [0.4, 0.5) is 0 Å². The fourth-order valence-corrected chi connectivity index (χ4v) is 2.38. The minimum absolute atomic E-state index is 0.138. The number of hydrogen-bond donors (Lipinski definition) is 1. The summed E-state index contributed by atoms with van der Waals surface area (Å²) < 4.78 is 0. The van der Waals surface area contributed by atoms with E-state index in [1.54, 1.807) is 0 Å². The molecule has 1 aliphatic rings. The lowest BCUT2D eigenvalue weighted by Crippen LogP contribution is -2.49. The molecule has 0 saturated carbocycles. The Labute approximate surface area is 109 Å². The summed E-state index contributed by atoms with van der Waals surface area (Å²) in [4.78, 5) is 14.0. The molecule has 1 heterocycles. The summed E-state index contributed by atoms with van der Waals surface area (Å²) in [5.74, 6) is 0.768. The van der Waals surface area contributed by atoms with Gasteiger partial charge >= 0.3 is 0 Å². The van der Waals surface area contributed by atoms with Gasteiger partial charge < -0.3 is 10.6 Å². The molecule has 0 spiro atoms. The quantitative estimate of drug-likeness (QED) is 0.884. The average Bonchev–Trinajstić information content (AvgIpc) is 2.40. The molecule has 98 valence electrons. The summed E-state index contributed by atoms with van der Waals surface area (Å²) in [5, 5.41) is 0. The molecular formula is C15H22N2O. The van der Waals surface area contributed by atoms with E-state index in [9.17, 15) is 4.79 Å². The summed E-state index contributed by atoms with van der Waals surface area (Å²) in [5.41, 5.74) is 7.24. The Balaban J connectivity index is 1.82. The van der Waals surface area contributed by atoms with E-state index in [1.807, 2.05) is 23.1 Å². The van der Waals surface area contributed by atoms with E-state index < -0.39 is 0 Å². The molecule has 2 N–H and O–H groups in total. The number of nitrogens with two attached hydrogens (primary N) is 1. The first-order valence-corrected chi connectivity index (χ1v) is 6.74. The summed E-state index contributed by atoms with van der Waals surface area (Å²) in [6, 6.07) is 10.3. The third-order valence-electron chi connectivity index (χ3n) is 3.84. The van der Waals surface area contributed by atoms with Crippen LogP contribution in [0.25, 0.3) is 0 Å². The number of amides is 1. The molecule has 1 fully saturated rings. The molecule has 1 saturated heterocycles. The van der Waals surface area contributed by atoms with Gasteiger partial charge in [-0.3, -0.25) is 4.79 Å². The summed E-state index contributed by atoms with van der Waals surface area (Å²) in [7, 11) is 0. The monoisotopic (exact) mass is 246 g/mol. The zero-order chi connectivity index (χ0) is 13.0. The van der Waals surface area contributed by atoms with E-state index in [2.05, 4.69) is 19.1 Å². The second-order valence-corrected chi connectivity index (χ2v) is 5.26. The number of piperidine rings is 1. The van der Waals surface area contributed by atoms with Crippen molar-refractivity contribution in [3.63, 3.8) is 0 Å². The van der Waals surface area contributed by atoms with Crippen LogP contribution in [0.1, 0.15) is 25.3 Å². The van der Waals surface area contributed by atoms with Gasteiger partial charge in [-0.15, -0.1) is 0 Å². The topological polar surface area (TPSA) is 46.3 Å². The van der Waals surface area contributed by atoms with Gasteiger partial charge in [0.1, 0.15) is 0 Å². The SMILES string of the molecule is CC1CCN(C(=O)CCc2ccccc2)CC1N. The lowest BCUT2D eigenvalue weighted by atomic mass is 9.94. The van der Waals surface area contributed by atoms with Crippen LogP contribution in [0.3, 0.4) is 0 Å². The molecule has 1 aliphatic heterocycles. The fourth-order valence-electron chi connectivity index (χ4n) is 2.38. The van der Waals surface area contributed by atoms with Crippen LogP contribution in [-0.4, -0.2) is 29.9 Å². The fraction of sp³-hybridized carbons (Fsp3) is 0.533. The Kier molecular flexibility index (Phi) is 4.37. The molecule has 0 bridgehead atoms. The minimum atomic E-state index is 0.138. The second-order valence-electron chi connectivity index (χ2n) is 5.26. The molecule has 1 aromatic rings. The zero-order valence-electron chi connectivity index (χ0n) is 11.0. The maximum atomic E-state index is 12.1. The Morgan fingerprint density at radius 2 is 2.11 bits per heavy atom. The molecule has 0 radical (unpaired) electrons. The van der Waals surface area contributed by atoms with Gasteiger partial charge in [0.15, 0.2) is 0 Å². The molecule has 2 rings (SSSR count). The van der Waals surface area contributed by atoms with Crippen molar-refractivity contribution in [1.82, 2.24) is 4.90 Å². The molecule has 3 heteroatoms. The van der Waals surface area contributed by atoms with Crippen molar-refractivity contribution in [2.24, 2.45) is 11.7 Å².